The van der Waals surface area contributed by atoms with Crippen LogP contribution in [0.4, 0.5) is 4.39 Å². The summed E-state index contributed by atoms with van der Waals surface area (Å²) in [6.07, 6.45) is 3.03. The average molecular weight is 288 g/mol. The Morgan fingerprint density at radius 3 is 2.10 bits per heavy atom. The molecule has 4 nitrogen and oxygen atoms in total. The van der Waals surface area contributed by atoms with Crippen LogP contribution in [0.25, 0.3) is 11.0 Å². The van der Waals surface area contributed by atoms with E-state index in [4.69, 9.17) is 0 Å². The fourth-order valence-electron chi connectivity index (χ4n) is 1.86. The van der Waals surface area contributed by atoms with Crippen LogP contribution in [0.3, 0.4) is 0 Å². The fourth-order valence-corrected chi connectivity index (χ4v) is 3.14. The first-order chi connectivity index (χ1) is 9.57. The third kappa shape index (κ3) is 2.14. The third-order valence-electron chi connectivity index (χ3n) is 2.88. The van der Waals surface area contributed by atoms with E-state index in [2.05, 4.69) is 9.97 Å². The quantitative estimate of drug-likeness (QED) is 0.680. The Hall–Kier alpha value is -2.34. The van der Waals surface area contributed by atoms with E-state index in [1.54, 1.807) is 6.07 Å². The molecule has 0 saturated carbocycles. The summed E-state index contributed by atoms with van der Waals surface area (Å²) in [5.41, 5.74) is 1.11. The smallest absolute Gasteiger partial charge is 0.206 e. The van der Waals surface area contributed by atoms with Gasteiger partial charge < -0.3 is 0 Å². The van der Waals surface area contributed by atoms with E-state index in [0.717, 1.165) is 12.1 Å². The minimum absolute atomic E-state index is 0.0436. The van der Waals surface area contributed by atoms with Crippen LogP contribution in [0.15, 0.2) is 64.6 Å². The molecule has 0 atom stereocenters. The van der Waals surface area contributed by atoms with Crippen molar-refractivity contribution in [1.82, 2.24) is 9.97 Å². The first-order valence-electron chi connectivity index (χ1n) is 5.79. The molecule has 100 valence electrons. The number of halogens is 1. The van der Waals surface area contributed by atoms with Gasteiger partial charge in [0.1, 0.15) is 5.82 Å². The Bertz CT molecular complexity index is 877. The van der Waals surface area contributed by atoms with Crippen molar-refractivity contribution in [3.05, 3.63) is 60.7 Å². The zero-order valence-electron chi connectivity index (χ0n) is 10.2. The van der Waals surface area contributed by atoms with Crippen LogP contribution >= 0.6 is 0 Å². The van der Waals surface area contributed by atoms with Crippen molar-refractivity contribution in [2.45, 2.75) is 9.79 Å². The van der Waals surface area contributed by atoms with Gasteiger partial charge in [-0.15, -0.1) is 0 Å². The highest BCUT2D eigenvalue weighted by Crippen LogP contribution is 2.23. The Morgan fingerprint density at radius 2 is 1.40 bits per heavy atom. The summed E-state index contributed by atoms with van der Waals surface area (Å²) in [5, 5.41) is 0. The zero-order chi connectivity index (χ0) is 14.2. The Kier molecular flexibility index (Phi) is 2.94. The molecule has 0 amide bonds. The van der Waals surface area contributed by atoms with Crippen LogP contribution in [0.5, 0.6) is 0 Å². The van der Waals surface area contributed by atoms with Gasteiger partial charge >= 0.3 is 0 Å². The van der Waals surface area contributed by atoms with Crippen LogP contribution in [-0.4, -0.2) is 18.4 Å². The van der Waals surface area contributed by atoms with E-state index in [1.807, 2.05) is 0 Å². The molecule has 1 heterocycles. The molecule has 0 aliphatic rings. The van der Waals surface area contributed by atoms with E-state index in [9.17, 15) is 12.8 Å². The summed E-state index contributed by atoms with van der Waals surface area (Å²) < 4.78 is 37.7. The second-order valence-electron chi connectivity index (χ2n) is 4.16. The molecule has 0 fully saturated rings. The highest BCUT2D eigenvalue weighted by atomic mass is 32.2. The summed E-state index contributed by atoms with van der Waals surface area (Å²) in [5.74, 6) is -0.478. The van der Waals surface area contributed by atoms with Gasteiger partial charge in [0, 0.05) is 12.4 Å². The lowest BCUT2D eigenvalue weighted by atomic mass is 10.3. The number of benzene rings is 2. The fraction of sp³-hybridized carbons (Fsp3) is 0. The van der Waals surface area contributed by atoms with Crippen LogP contribution in [0, 0.1) is 5.82 Å². The molecular weight excluding hydrogens is 279 g/mol. The highest BCUT2D eigenvalue weighted by molar-refractivity contribution is 7.91. The van der Waals surface area contributed by atoms with Gasteiger partial charge in [-0.2, -0.15) is 0 Å². The van der Waals surface area contributed by atoms with Crippen LogP contribution in [0.2, 0.25) is 0 Å². The molecule has 0 unspecified atom stereocenters. The maximum absolute atomic E-state index is 12.9. The minimum atomic E-state index is -3.68. The number of hydrogen-bond acceptors (Lipinski definition) is 4. The topological polar surface area (TPSA) is 59.9 Å². The van der Waals surface area contributed by atoms with Crippen molar-refractivity contribution in [3.8, 4) is 0 Å². The van der Waals surface area contributed by atoms with Gasteiger partial charge in [-0.1, -0.05) is 0 Å². The lowest BCUT2D eigenvalue weighted by Crippen LogP contribution is -2.02. The average Bonchev–Trinajstić information content (AvgIpc) is 2.47. The monoisotopic (exact) mass is 288 g/mol. The molecule has 0 spiro atoms. The van der Waals surface area contributed by atoms with Gasteiger partial charge in [0.25, 0.3) is 0 Å². The summed E-state index contributed by atoms with van der Waals surface area (Å²) in [6.45, 7) is 0. The Morgan fingerprint density at radius 1 is 0.800 bits per heavy atom. The van der Waals surface area contributed by atoms with Gasteiger partial charge in [0.05, 0.1) is 20.8 Å². The molecule has 1 aromatic heterocycles. The minimum Gasteiger partial charge on any atom is -0.253 e. The second-order valence-corrected chi connectivity index (χ2v) is 6.11. The predicted octanol–water partition coefficient (Wildman–Crippen LogP) is 2.60. The number of fused-ring (bicyclic) bond motifs is 1. The summed E-state index contributed by atoms with van der Waals surface area (Å²) in [7, 11) is -3.68. The van der Waals surface area contributed by atoms with Crippen LogP contribution in [0.1, 0.15) is 0 Å². The normalized spacial score (nSPS) is 11.7. The Balaban J connectivity index is 2.15. The number of hydrogen-bond donors (Lipinski definition) is 0. The molecule has 3 aromatic rings. The third-order valence-corrected chi connectivity index (χ3v) is 4.64. The van der Waals surface area contributed by atoms with Gasteiger partial charge in [-0.25, -0.2) is 12.8 Å². The first kappa shape index (κ1) is 12.7. The molecule has 0 radical (unpaired) electrons. The largest absolute Gasteiger partial charge is 0.253 e. The molecule has 20 heavy (non-hydrogen) atoms. The lowest BCUT2D eigenvalue weighted by molar-refractivity contribution is 0.595. The molecule has 0 saturated heterocycles. The van der Waals surface area contributed by atoms with Crippen molar-refractivity contribution in [1.29, 1.82) is 0 Å². The SMILES string of the molecule is O=S(=O)(c1ccc(F)cc1)c1ccc2nccnc2c1. The maximum Gasteiger partial charge on any atom is 0.206 e. The van der Waals surface area contributed by atoms with Crippen molar-refractivity contribution in [2.24, 2.45) is 0 Å². The molecule has 2 aromatic carbocycles. The number of sulfone groups is 1. The summed E-state index contributed by atoms with van der Waals surface area (Å²) >= 11 is 0. The molecule has 6 heteroatoms. The number of nitrogens with zero attached hydrogens (tertiary/aromatic N) is 2. The molecule has 3 rings (SSSR count). The van der Waals surface area contributed by atoms with E-state index >= 15 is 0 Å². The van der Waals surface area contributed by atoms with Crippen LogP contribution in [-0.2, 0) is 9.84 Å². The molecule has 0 bridgehead atoms. The lowest BCUT2D eigenvalue weighted by Gasteiger charge is -2.05. The van der Waals surface area contributed by atoms with E-state index < -0.39 is 15.7 Å². The standard InChI is InChI=1S/C14H9FN2O2S/c15-10-1-3-11(4-2-10)20(18,19)12-5-6-13-14(9-12)17-8-7-16-13/h1-9H. The molecule has 0 N–H and O–H groups in total. The number of rotatable bonds is 2. The number of aromatic nitrogens is 2. The van der Waals surface area contributed by atoms with E-state index in [1.165, 1.54) is 36.7 Å². The van der Waals surface area contributed by atoms with Gasteiger partial charge in [0.15, 0.2) is 0 Å². The summed E-state index contributed by atoms with van der Waals surface area (Å²) in [4.78, 5) is 8.31. The van der Waals surface area contributed by atoms with E-state index in [-0.39, 0.29) is 9.79 Å². The van der Waals surface area contributed by atoms with Gasteiger partial charge in [-0.3, -0.25) is 9.97 Å². The van der Waals surface area contributed by atoms with Gasteiger partial charge in [0.2, 0.25) is 9.84 Å². The molecule has 0 aliphatic heterocycles. The van der Waals surface area contributed by atoms with Crippen molar-refractivity contribution >= 4 is 20.9 Å². The van der Waals surface area contributed by atoms with Gasteiger partial charge in [-0.05, 0) is 42.5 Å². The van der Waals surface area contributed by atoms with Crippen molar-refractivity contribution < 1.29 is 12.8 Å². The maximum atomic E-state index is 12.9. The van der Waals surface area contributed by atoms with Crippen molar-refractivity contribution in [3.63, 3.8) is 0 Å². The zero-order valence-corrected chi connectivity index (χ0v) is 11.0. The van der Waals surface area contributed by atoms with Crippen LogP contribution < -0.4 is 0 Å². The molecular formula is C14H9FN2O2S. The molecule has 0 aliphatic carbocycles. The summed E-state index contributed by atoms with van der Waals surface area (Å²) in [6, 6.07) is 9.24. The Labute approximate surface area is 114 Å². The van der Waals surface area contributed by atoms with Crippen molar-refractivity contribution in [2.75, 3.05) is 0 Å². The van der Waals surface area contributed by atoms with E-state index in [0.29, 0.717) is 11.0 Å². The predicted molar refractivity (Wildman–Crippen MR) is 71.4 cm³/mol. The highest BCUT2D eigenvalue weighted by Gasteiger charge is 2.18. The second kappa shape index (κ2) is 4.64. The first-order valence-corrected chi connectivity index (χ1v) is 7.27.